The molecule has 2 nitrogen and oxygen atoms in total. The number of nitrogens with zero attached hydrogens (tertiary/aromatic N) is 2. The van der Waals surface area contributed by atoms with Crippen LogP contribution in [0.1, 0.15) is 10.7 Å². The lowest BCUT2D eigenvalue weighted by Gasteiger charge is -1.96. The summed E-state index contributed by atoms with van der Waals surface area (Å²) in [7, 11) is 0. The molecule has 0 N–H and O–H groups in total. The van der Waals surface area contributed by atoms with Gasteiger partial charge in [0.2, 0.25) is 0 Å². The van der Waals surface area contributed by atoms with E-state index in [1.165, 1.54) is 0 Å². The van der Waals surface area contributed by atoms with Gasteiger partial charge in [0.1, 0.15) is 0 Å². The maximum Gasteiger partial charge on any atom is 0.0998 e. The van der Waals surface area contributed by atoms with Crippen LogP contribution in [-0.2, 0) is 0 Å². The van der Waals surface area contributed by atoms with Crippen molar-refractivity contribution in [3.05, 3.63) is 34.3 Å². The SMILES string of the molecule is Cc1cccc(-c2csc(C)n2)n1. The van der Waals surface area contributed by atoms with E-state index in [2.05, 4.69) is 9.97 Å². The molecule has 2 aromatic rings. The van der Waals surface area contributed by atoms with Crippen LogP contribution < -0.4 is 0 Å². The van der Waals surface area contributed by atoms with E-state index in [1.54, 1.807) is 11.3 Å². The molecule has 0 aliphatic heterocycles. The van der Waals surface area contributed by atoms with Crippen molar-refractivity contribution in [2.24, 2.45) is 0 Å². The lowest BCUT2D eigenvalue weighted by molar-refractivity contribution is 1.18. The Balaban J connectivity index is 2.46. The molecule has 2 heterocycles. The van der Waals surface area contributed by atoms with E-state index in [0.29, 0.717) is 0 Å². The Kier molecular flexibility index (Phi) is 2.10. The highest BCUT2D eigenvalue weighted by molar-refractivity contribution is 7.09. The molecule has 0 saturated heterocycles. The zero-order valence-electron chi connectivity index (χ0n) is 7.61. The number of aryl methyl sites for hydroxylation is 2. The van der Waals surface area contributed by atoms with Crippen LogP contribution in [0.2, 0.25) is 0 Å². The van der Waals surface area contributed by atoms with E-state index in [1.807, 2.05) is 37.4 Å². The number of aromatic nitrogens is 2. The van der Waals surface area contributed by atoms with Gasteiger partial charge in [0.15, 0.2) is 0 Å². The Morgan fingerprint density at radius 2 is 1.92 bits per heavy atom. The Morgan fingerprint density at radius 1 is 1.08 bits per heavy atom. The van der Waals surface area contributed by atoms with Gasteiger partial charge in [0.25, 0.3) is 0 Å². The van der Waals surface area contributed by atoms with E-state index >= 15 is 0 Å². The number of thiazole rings is 1. The molecule has 0 aliphatic carbocycles. The Hall–Kier alpha value is -1.22. The Morgan fingerprint density at radius 3 is 2.54 bits per heavy atom. The van der Waals surface area contributed by atoms with Gasteiger partial charge in [-0.25, -0.2) is 4.98 Å². The third kappa shape index (κ3) is 1.75. The first-order chi connectivity index (χ1) is 6.25. The molecule has 0 fully saturated rings. The minimum absolute atomic E-state index is 0.962. The normalized spacial score (nSPS) is 10.3. The monoisotopic (exact) mass is 190 g/mol. The van der Waals surface area contributed by atoms with Gasteiger partial charge in [0, 0.05) is 11.1 Å². The summed E-state index contributed by atoms with van der Waals surface area (Å²) in [5.74, 6) is 0. The zero-order chi connectivity index (χ0) is 9.26. The quantitative estimate of drug-likeness (QED) is 0.691. The first-order valence-electron chi connectivity index (χ1n) is 4.12. The van der Waals surface area contributed by atoms with Crippen molar-refractivity contribution in [1.29, 1.82) is 0 Å². The van der Waals surface area contributed by atoms with Crippen molar-refractivity contribution < 1.29 is 0 Å². The maximum atomic E-state index is 4.40. The van der Waals surface area contributed by atoms with Crippen LogP contribution in [0, 0.1) is 13.8 Å². The average Bonchev–Trinajstić information content (AvgIpc) is 2.52. The van der Waals surface area contributed by atoms with Gasteiger partial charge in [-0.2, -0.15) is 0 Å². The number of pyridine rings is 1. The summed E-state index contributed by atoms with van der Waals surface area (Å²) in [6.45, 7) is 3.99. The highest BCUT2D eigenvalue weighted by atomic mass is 32.1. The summed E-state index contributed by atoms with van der Waals surface area (Å²) < 4.78 is 0. The van der Waals surface area contributed by atoms with Gasteiger partial charge in [-0.3, -0.25) is 4.98 Å². The third-order valence-corrected chi connectivity index (χ3v) is 2.54. The minimum atomic E-state index is 0.962. The molecule has 2 aromatic heterocycles. The molecule has 0 amide bonds. The van der Waals surface area contributed by atoms with E-state index in [9.17, 15) is 0 Å². The standard InChI is InChI=1S/C10H10N2S/c1-7-4-3-5-9(11-7)10-6-13-8(2)12-10/h3-6H,1-2H3. The molecular formula is C10H10N2S. The highest BCUT2D eigenvalue weighted by Gasteiger charge is 2.02. The van der Waals surface area contributed by atoms with Crippen molar-refractivity contribution in [2.75, 3.05) is 0 Å². The van der Waals surface area contributed by atoms with E-state index in [-0.39, 0.29) is 0 Å². The Bertz CT molecular complexity index is 420. The Labute approximate surface area is 81.3 Å². The fraction of sp³-hybridized carbons (Fsp3) is 0.200. The van der Waals surface area contributed by atoms with E-state index in [4.69, 9.17) is 0 Å². The molecule has 0 aromatic carbocycles. The van der Waals surface area contributed by atoms with Gasteiger partial charge in [-0.05, 0) is 26.0 Å². The van der Waals surface area contributed by atoms with Crippen LogP contribution in [0.5, 0.6) is 0 Å². The molecular weight excluding hydrogens is 180 g/mol. The van der Waals surface area contributed by atoms with Gasteiger partial charge in [-0.15, -0.1) is 11.3 Å². The third-order valence-electron chi connectivity index (χ3n) is 1.77. The average molecular weight is 190 g/mol. The molecule has 0 unspecified atom stereocenters. The van der Waals surface area contributed by atoms with Crippen LogP contribution >= 0.6 is 11.3 Å². The number of rotatable bonds is 1. The summed E-state index contributed by atoms with van der Waals surface area (Å²) in [5, 5.41) is 3.12. The van der Waals surface area contributed by atoms with Crippen molar-refractivity contribution in [2.45, 2.75) is 13.8 Å². The van der Waals surface area contributed by atoms with Gasteiger partial charge < -0.3 is 0 Å². The maximum absolute atomic E-state index is 4.40. The van der Waals surface area contributed by atoms with Crippen molar-refractivity contribution in [1.82, 2.24) is 9.97 Å². The fourth-order valence-corrected chi connectivity index (χ4v) is 1.77. The van der Waals surface area contributed by atoms with Crippen LogP contribution in [-0.4, -0.2) is 9.97 Å². The molecule has 13 heavy (non-hydrogen) atoms. The smallest absolute Gasteiger partial charge is 0.0998 e. The van der Waals surface area contributed by atoms with Gasteiger partial charge >= 0.3 is 0 Å². The topological polar surface area (TPSA) is 25.8 Å². The summed E-state index contributed by atoms with van der Waals surface area (Å²) in [6, 6.07) is 5.98. The predicted octanol–water partition coefficient (Wildman–Crippen LogP) is 2.82. The lowest BCUT2D eigenvalue weighted by Crippen LogP contribution is -1.85. The number of hydrogen-bond donors (Lipinski definition) is 0. The molecule has 0 bridgehead atoms. The van der Waals surface area contributed by atoms with Crippen LogP contribution in [0.3, 0.4) is 0 Å². The molecule has 0 aliphatic rings. The van der Waals surface area contributed by atoms with Gasteiger partial charge in [0.05, 0.1) is 16.4 Å². The lowest BCUT2D eigenvalue weighted by atomic mass is 10.3. The highest BCUT2D eigenvalue weighted by Crippen LogP contribution is 2.19. The largest absolute Gasteiger partial charge is 0.251 e. The molecule has 0 saturated carbocycles. The first kappa shape index (κ1) is 8.38. The summed E-state index contributed by atoms with van der Waals surface area (Å²) >= 11 is 1.65. The number of hydrogen-bond acceptors (Lipinski definition) is 3. The summed E-state index contributed by atoms with van der Waals surface area (Å²) in [6.07, 6.45) is 0. The molecule has 3 heteroatoms. The summed E-state index contributed by atoms with van der Waals surface area (Å²) in [5.41, 5.74) is 2.97. The van der Waals surface area contributed by atoms with E-state index in [0.717, 1.165) is 22.1 Å². The first-order valence-corrected chi connectivity index (χ1v) is 5.00. The summed E-state index contributed by atoms with van der Waals surface area (Å²) in [4.78, 5) is 8.78. The van der Waals surface area contributed by atoms with Crippen molar-refractivity contribution in [3.8, 4) is 11.4 Å². The van der Waals surface area contributed by atoms with E-state index < -0.39 is 0 Å². The second-order valence-corrected chi connectivity index (χ2v) is 3.98. The van der Waals surface area contributed by atoms with Crippen molar-refractivity contribution in [3.63, 3.8) is 0 Å². The van der Waals surface area contributed by atoms with Crippen LogP contribution in [0.4, 0.5) is 0 Å². The van der Waals surface area contributed by atoms with Crippen LogP contribution in [0.25, 0.3) is 11.4 Å². The zero-order valence-corrected chi connectivity index (χ0v) is 8.43. The molecule has 66 valence electrons. The van der Waals surface area contributed by atoms with Crippen molar-refractivity contribution >= 4 is 11.3 Å². The molecule has 0 radical (unpaired) electrons. The fourth-order valence-electron chi connectivity index (χ4n) is 1.17. The van der Waals surface area contributed by atoms with Crippen LogP contribution in [0.15, 0.2) is 23.6 Å². The second kappa shape index (κ2) is 3.26. The minimum Gasteiger partial charge on any atom is -0.251 e. The second-order valence-electron chi connectivity index (χ2n) is 2.92. The molecule has 0 atom stereocenters. The van der Waals surface area contributed by atoms with Gasteiger partial charge in [-0.1, -0.05) is 6.07 Å². The molecule has 0 spiro atoms. The molecule has 2 rings (SSSR count). The predicted molar refractivity (Wildman–Crippen MR) is 54.8 cm³/mol.